The lowest BCUT2D eigenvalue weighted by atomic mass is 10.1. The molecule has 0 spiro atoms. The third kappa shape index (κ3) is 1.67. The number of nitrogens with zero attached hydrogens (tertiary/aromatic N) is 1. The largest absolute Gasteiger partial charge is 0.264 e. The lowest BCUT2D eigenvalue weighted by molar-refractivity contribution is 1.31. The second-order valence-electron chi connectivity index (χ2n) is 2.91. The van der Waals surface area contributed by atoms with Crippen LogP contribution >= 0.6 is 24.0 Å². The summed E-state index contributed by atoms with van der Waals surface area (Å²) < 4.78 is 0. The summed E-state index contributed by atoms with van der Waals surface area (Å²) >= 11 is 7.03. The number of hydrogen-bond acceptors (Lipinski definition) is 3. The van der Waals surface area contributed by atoms with Gasteiger partial charge in [0.05, 0.1) is 0 Å². The van der Waals surface area contributed by atoms with E-state index in [0.717, 1.165) is 10.6 Å². The topological polar surface area (TPSA) is 12.9 Å². The average Bonchev–Trinajstić information content (AvgIpc) is 2.49. The van der Waals surface area contributed by atoms with E-state index in [2.05, 4.69) is 18.0 Å². The van der Waals surface area contributed by atoms with Gasteiger partial charge in [0, 0.05) is 33.5 Å². The summed E-state index contributed by atoms with van der Waals surface area (Å²) in [6.45, 7) is 2.09. The third-order valence-electron chi connectivity index (χ3n) is 2.03. The second-order valence-corrected chi connectivity index (χ2v) is 4.39. The molecule has 0 aromatic carbocycles. The Morgan fingerprint density at radius 1 is 1.54 bits per heavy atom. The number of thiocarbonyl (C=S) groups is 1. The predicted molar refractivity (Wildman–Crippen MR) is 61.9 cm³/mol. The van der Waals surface area contributed by atoms with Crippen molar-refractivity contribution in [1.82, 2.24) is 4.98 Å². The van der Waals surface area contributed by atoms with Crippen LogP contribution in [0.25, 0.3) is 4.91 Å². The average molecular weight is 207 g/mol. The summed E-state index contributed by atoms with van der Waals surface area (Å²) in [5, 5.41) is 0. The van der Waals surface area contributed by atoms with Crippen molar-refractivity contribution < 1.29 is 0 Å². The van der Waals surface area contributed by atoms with Crippen LogP contribution in [0.3, 0.4) is 0 Å². The minimum Gasteiger partial charge on any atom is -0.264 e. The zero-order valence-electron chi connectivity index (χ0n) is 7.28. The molecule has 1 aromatic heterocycles. The Bertz CT molecular complexity index is 368. The standard InChI is InChI=1S/C10H9NS2/c1-7-9(12)6-13-10(7)8-3-2-4-11-5-8/h2-5H,6H2,1H3. The van der Waals surface area contributed by atoms with Gasteiger partial charge in [-0.15, -0.1) is 11.8 Å². The van der Waals surface area contributed by atoms with Crippen LogP contribution in [-0.4, -0.2) is 15.6 Å². The lowest BCUT2D eigenvalue weighted by Crippen LogP contribution is -1.91. The van der Waals surface area contributed by atoms with Crippen LogP contribution in [0, 0.1) is 0 Å². The maximum absolute atomic E-state index is 5.22. The Morgan fingerprint density at radius 3 is 2.92 bits per heavy atom. The molecule has 66 valence electrons. The van der Waals surface area contributed by atoms with E-state index in [9.17, 15) is 0 Å². The fraction of sp³-hybridized carbons (Fsp3) is 0.200. The van der Waals surface area contributed by atoms with Crippen molar-refractivity contribution in [2.24, 2.45) is 0 Å². The number of pyridine rings is 1. The van der Waals surface area contributed by atoms with Crippen LogP contribution in [0.2, 0.25) is 0 Å². The summed E-state index contributed by atoms with van der Waals surface area (Å²) in [7, 11) is 0. The summed E-state index contributed by atoms with van der Waals surface area (Å²) in [4.78, 5) is 6.46. The highest BCUT2D eigenvalue weighted by molar-refractivity contribution is 8.10. The van der Waals surface area contributed by atoms with Gasteiger partial charge >= 0.3 is 0 Å². The molecule has 0 saturated carbocycles. The quantitative estimate of drug-likeness (QED) is 0.657. The molecule has 3 heteroatoms. The molecule has 0 aliphatic carbocycles. The van der Waals surface area contributed by atoms with Gasteiger partial charge in [0.2, 0.25) is 0 Å². The monoisotopic (exact) mass is 207 g/mol. The van der Waals surface area contributed by atoms with Gasteiger partial charge in [-0.2, -0.15) is 0 Å². The Kier molecular flexibility index (Phi) is 2.47. The van der Waals surface area contributed by atoms with Crippen LogP contribution in [0.15, 0.2) is 30.1 Å². The molecule has 13 heavy (non-hydrogen) atoms. The molecule has 1 aliphatic rings. The highest BCUT2D eigenvalue weighted by Crippen LogP contribution is 2.37. The zero-order chi connectivity index (χ0) is 9.26. The van der Waals surface area contributed by atoms with Gasteiger partial charge in [-0.1, -0.05) is 18.3 Å². The number of rotatable bonds is 1. The fourth-order valence-electron chi connectivity index (χ4n) is 1.28. The van der Waals surface area contributed by atoms with E-state index in [0.29, 0.717) is 0 Å². The Hall–Kier alpha value is -0.670. The van der Waals surface area contributed by atoms with Gasteiger partial charge in [-0.05, 0) is 18.6 Å². The minimum atomic E-state index is 0.950. The molecular formula is C10H9NS2. The van der Waals surface area contributed by atoms with Crippen molar-refractivity contribution in [3.05, 3.63) is 35.7 Å². The van der Waals surface area contributed by atoms with E-state index in [-0.39, 0.29) is 0 Å². The molecule has 0 bridgehead atoms. The van der Waals surface area contributed by atoms with Crippen molar-refractivity contribution in [2.45, 2.75) is 6.92 Å². The van der Waals surface area contributed by atoms with E-state index in [1.54, 1.807) is 6.20 Å². The van der Waals surface area contributed by atoms with Gasteiger partial charge in [-0.3, -0.25) is 4.98 Å². The second kappa shape index (κ2) is 3.60. The first-order valence-electron chi connectivity index (χ1n) is 4.06. The molecule has 0 atom stereocenters. The molecule has 1 aromatic rings. The highest BCUT2D eigenvalue weighted by Gasteiger charge is 2.17. The summed E-state index contributed by atoms with van der Waals surface area (Å²) in [6, 6.07) is 4.03. The molecule has 1 aliphatic heterocycles. The highest BCUT2D eigenvalue weighted by atomic mass is 32.2. The lowest BCUT2D eigenvalue weighted by Gasteiger charge is -2.00. The zero-order valence-corrected chi connectivity index (χ0v) is 8.91. The van der Waals surface area contributed by atoms with E-state index < -0.39 is 0 Å². The molecule has 0 unspecified atom stereocenters. The SMILES string of the molecule is CC1=C(c2cccnc2)SCC1=S. The molecule has 0 N–H and O–H groups in total. The first kappa shape index (κ1) is 8.91. The number of hydrogen-bond donors (Lipinski definition) is 0. The van der Waals surface area contributed by atoms with Gasteiger partial charge in [0.15, 0.2) is 0 Å². The normalized spacial score (nSPS) is 16.8. The van der Waals surface area contributed by atoms with E-state index >= 15 is 0 Å². The number of thioether (sulfide) groups is 1. The maximum atomic E-state index is 5.22. The molecule has 2 rings (SSSR count). The van der Waals surface area contributed by atoms with Crippen molar-refractivity contribution in [3.63, 3.8) is 0 Å². The maximum Gasteiger partial charge on any atom is 0.0351 e. The number of aromatic nitrogens is 1. The van der Waals surface area contributed by atoms with Crippen LogP contribution < -0.4 is 0 Å². The van der Waals surface area contributed by atoms with Gasteiger partial charge in [0.25, 0.3) is 0 Å². The van der Waals surface area contributed by atoms with Crippen LogP contribution in [0.1, 0.15) is 12.5 Å². The van der Waals surface area contributed by atoms with Crippen molar-refractivity contribution in [1.29, 1.82) is 0 Å². The summed E-state index contributed by atoms with van der Waals surface area (Å²) in [6.07, 6.45) is 3.68. The van der Waals surface area contributed by atoms with E-state index in [1.165, 1.54) is 16.0 Å². The minimum absolute atomic E-state index is 0.950. The Morgan fingerprint density at radius 2 is 2.38 bits per heavy atom. The molecule has 2 heterocycles. The van der Waals surface area contributed by atoms with Crippen molar-refractivity contribution in [3.8, 4) is 0 Å². The molecule has 0 saturated heterocycles. The van der Waals surface area contributed by atoms with Crippen molar-refractivity contribution >= 4 is 33.7 Å². The molecule has 0 radical (unpaired) electrons. The number of allylic oxidation sites excluding steroid dienone is 1. The molecule has 0 fully saturated rings. The van der Waals surface area contributed by atoms with Gasteiger partial charge in [0.1, 0.15) is 0 Å². The van der Waals surface area contributed by atoms with Gasteiger partial charge in [-0.25, -0.2) is 0 Å². The third-order valence-corrected chi connectivity index (χ3v) is 3.93. The van der Waals surface area contributed by atoms with Crippen LogP contribution in [-0.2, 0) is 0 Å². The molecule has 0 amide bonds. The molecular weight excluding hydrogens is 198 g/mol. The summed E-state index contributed by atoms with van der Waals surface area (Å²) in [5.41, 5.74) is 2.43. The Balaban J connectivity index is 2.43. The fourth-order valence-corrected chi connectivity index (χ4v) is 2.74. The van der Waals surface area contributed by atoms with Gasteiger partial charge < -0.3 is 0 Å². The van der Waals surface area contributed by atoms with Crippen LogP contribution in [0.5, 0.6) is 0 Å². The van der Waals surface area contributed by atoms with E-state index in [4.69, 9.17) is 12.2 Å². The van der Waals surface area contributed by atoms with Crippen molar-refractivity contribution in [2.75, 3.05) is 5.75 Å². The first-order chi connectivity index (χ1) is 6.29. The predicted octanol–water partition coefficient (Wildman–Crippen LogP) is 2.93. The molecule has 1 nitrogen and oxygen atoms in total. The first-order valence-corrected chi connectivity index (χ1v) is 5.45. The van der Waals surface area contributed by atoms with E-state index in [1.807, 2.05) is 24.0 Å². The Labute approximate surface area is 87.3 Å². The summed E-state index contributed by atoms with van der Waals surface area (Å²) in [5.74, 6) is 0.950. The smallest absolute Gasteiger partial charge is 0.0351 e. The van der Waals surface area contributed by atoms with Crippen LogP contribution in [0.4, 0.5) is 0 Å².